The molecule has 1 unspecified atom stereocenters. The van der Waals surface area contributed by atoms with Crippen LogP contribution in [0.1, 0.15) is 59.9 Å². The van der Waals surface area contributed by atoms with Gasteiger partial charge in [0.25, 0.3) is 5.56 Å². The Balaban J connectivity index is 1.37. The molecular weight excluding hydrogens is 514 g/mol. The van der Waals surface area contributed by atoms with Gasteiger partial charge in [0.15, 0.2) is 0 Å². The van der Waals surface area contributed by atoms with Crippen LogP contribution >= 0.6 is 0 Å². The van der Waals surface area contributed by atoms with Crippen LogP contribution in [0, 0.1) is 18.7 Å². The molecule has 0 radical (unpaired) electrons. The van der Waals surface area contributed by atoms with Crippen molar-refractivity contribution in [1.29, 1.82) is 0 Å². The fraction of sp³-hybridized carbons (Fsp3) is 0.414. The average Bonchev–Trinajstić information content (AvgIpc) is 2.91. The topological polar surface area (TPSA) is 64.4 Å². The summed E-state index contributed by atoms with van der Waals surface area (Å²) in [6.45, 7) is 2.03. The molecule has 5 rings (SSSR count). The number of carbonyl (C=O) groups excluding carboxylic acids is 1. The molecule has 1 saturated carbocycles. The summed E-state index contributed by atoms with van der Waals surface area (Å²) in [5.74, 6) is -1.28. The van der Waals surface area contributed by atoms with E-state index in [1.807, 2.05) is 30.3 Å². The Kier molecular flexibility index (Phi) is 7.46. The van der Waals surface area contributed by atoms with Crippen molar-refractivity contribution < 1.29 is 27.1 Å². The smallest absolute Gasteiger partial charge is 0.410 e. The Hall–Kier alpha value is -3.69. The number of hydrogen-bond acceptors (Lipinski definition) is 4. The Bertz CT molecular complexity index is 1380. The van der Waals surface area contributed by atoms with E-state index in [2.05, 4.69) is 0 Å². The lowest BCUT2D eigenvalue weighted by molar-refractivity contribution is -0.186. The largest absolute Gasteiger partial charge is 0.446 e. The van der Waals surface area contributed by atoms with Crippen LogP contribution in [0.4, 0.5) is 22.4 Å². The number of fused-ring (bicyclic) bond motifs is 1. The maximum atomic E-state index is 13.8. The summed E-state index contributed by atoms with van der Waals surface area (Å²) >= 11 is 0. The molecule has 1 aliphatic carbocycles. The summed E-state index contributed by atoms with van der Waals surface area (Å²) in [6.07, 6.45) is -4.88. The number of aryl methyl sites for hydroxylation is 1. The minimum absolute atomic E-state index is 0.0544. The molecule has 0 saturated heterocycles. The number of benzene rings is 2. The predicted octanol–water partition coefficient (Wildman–Crippen LogP) is 5.94. The van der Waals surface area contributed by atoms with Gasteiger partial charge in [0.05, 0.1) is 24.2 Å². The van der Waals surface area contributed by atoms with E-state index in [-0.39, 0.29) is 56.6 Å². The third-order valence-corrected chi connectivity index (χ3v) is 7.67. The SMILES string of the molecule is Cc1nc2c(c(=O)n1C(c1ccccc1)c1ccc(F)cc1)CCN(C(=O)O[C@H]1CC[C@@H](C(F)(F)F)CC1)C2. The highest BCUT2D eigenvalue weighted by Gasteiger charge is 2.42. The molecule has 1 aliphatic heterocycles. The summed E-state index contributed by atoms with van der Waals surface area (Å²) in [4.78, 5) is 32.8. The fourth-order valence-electron chi connectivity index (χ4n) is 5.58. The lowest BCUT2D eigenvalue weighted by atomic mass is 9.87. The van der Waals surface area contributed by atoms with Gasteiger partial charge in [0.1, 0.15) is 17.7 Å². The lowest BCUT2D eigenvalue weighted by Crippen LogP contribution is -2.43. The van der Waals surface area contributed by atoms with E-state index in [0.717, 1.165) is 11.1 Å². The zero-order valence-electron chi connectivity index (χ0n) is 21.5. The molecule has 39 heavy (non-hydrogen) atoms. The van der Waals surface area contributed by atoms with Crippen LogP contribution in [-0.2, 0) is 17.7 Å². The first-order chi connectivity index (χ1) is 18.6. The van der Waals surface area contributed by atoms with E-state index in [9.17, 15) is 27.2 Å². The van der Waals surface area contributed by atoms with Crippen molar-refractivity contribution in [1.82, 2.24) is 14.5 Å². The van der Waals surface area contributed by atoms with Crippen molar-refractivity contribution in [3.05, 3.63) is 99.0 Å². The van der Waals surface area contributed by atoms with Crippen LogP contribution in [0.3, 0.4) is 0 Å². The third-order valence-electron chi connectivity index (χ3n) is 7.67. The Morgan fingerprint density at radius 3 is 2.28 bits per heavy atom. The lowest BCUT2D eigenvalue weighted by Gasteiger charge is -2.33. The van der Waals surface area contributed by atoms with Gasteiger partial charge in [0.2, 0.25) is 0 Å². The maximum absolute atomic E-state index is 13.8. The highest BCUT2D eigenvalue weighted by molar-refractivity contribution is 5.68. The number of rotatable bonds is 4. The standard InChI is InChI=1S/C29H29F4N3O3/c1-18-34-25-17-35(28(38)39-23-13-9-21(10-14-23)29(31,32)33)16-15-24(25)27(37)36(18)26(19-5-3-2-4-6-19)20-7-11-22(30)12-8-20/h2-8,11-12,21,23,26H,9-10,13-17H2,1H3/t21-,23+,26?. The zero-order valence-corrected chi connectivity index (χ0v) is 21.5. The van der Waals surface area contributed by atoms with Crippen molar-refractivity contribution in [3.8, 4) is 0 Å². The minimum atomic E-state index is -4.22. The summed E-state index contributed by atoms with van der Waals surface area (Å²) in [6, 6.07) is 14.9. The van der Waals surface area contributed by atoms with E-state index in [1.54, 1.807) is 23.6 Å². The van der Waals surface area contributed by atoms with Crippen LogP contribution in [0.5, 0.6) is 0 Å². The van der Waals surface area contributed by atoms with Crippen molar-refractivity contribution >= 4 is 6.09 Å². The Morgan fingerprint density at radius 1 is 1.00 bits per heavy atom. The van der Waals surface area contributed by atoms with Gasteiger partial charge in [-0.25, -0.2) is 14.2 Å². The molecule has 2 aliphatic rings. The first-order valence-corrected chi connectivity index (χ1v) is 13.1. The number of amides is 1. The summed E-state index contributed by atoms with van der Waals surface area (Å²) < 4.78 is 59.7. The van der Waals surface area contributed by atoms with Crippen molar-refractivity contribution in [3.63, 3.8) is 0 Å². The van der Waals surface area contributed by atoms with E-state index >= 15 is 0 Å². The molecule has 206 valence electrons. The number of aromatic nitrogens is 2. The molecule has 0 N–H and O–H groups in total. The van der Waals surface area contributed by atoms with Gasteiger partial charge in [-0.3, -0.25) is 9.36 Å². The van der Waals surface area contributed by atoms with E-state index in [4.69, 9.17) is 9.72 Å². The van der Waals surface area contributed by atoms with Gasteiger partial charge in [0, 0.05) is 12.1 Å². The Labute approximate surface area is 223 Å². The van der Waals surface area contributed by atoms with Crippen molar-refractivity contribution in [2.45, 2.75) is 63.9 Å². The van der Waals surface area contributed by atoms with Gasteiger partial charge < -0.3 is 9.64 Å². The van der Waals surface area contributed by atoms with E-state index in [1.165, 1.54) is 17.0 Å². The highest BCUT2D eigenvalue weighted by atomic mass is 19.4. The molecule has 1 fully saturated rings. The quantitative estimate of drug-likeness (QED) is 0.382. The highest BCUT2D eigenvalue weighted by Crippen LogP contribution is 2.38. The minimum Gasteiger partial charge on any atom is -0.446 e. The van der Waals surface area contributed by atoms with Gasteiger partial charge in [-0.05, 0) is 62.3 Å². The van der Waals surface area contributed by atoms with E-state index in [0.29, 0.717) is 17.1 Å². The molecule has 3 aromatic rings. The predicted molar refractivity (Wildman–Crippen MR) is 136 cm³/mol. The number of carbonyl (C=O) groups is 1. The molecule has 0 spiro atoms. The van der Waals surface area contributed by atoms with Crippen LogP contribution in [0.15, 0.2) is 59.4 Å². The maximum Gasteiger partial charge on any atom is 0.410 e. The molecule has 6 nitrogen and oxygen atoms in total. The number of nitrogens with zero attached hydrogens (tertiary/aromatic N) is 3. The molecular formula is C29H29F4N3O3. The first kappa shape index (κ1) is 26.9. The number of hydrogen-bond donors (Lipinski definition) is 0. The number of alkyl halides is 3. The average molecular weight is 544 g/mol. The molecule has 2 heterocycles. The number of ether oxygens (including phenoxy) is 1. The van der Waals surface area contributed by atoms with Crippen molar-refractivity contribution in [2.24, 2.45) is 5.92 Å². The van der Waals surface area contributed by atoms with Gasteiger partial charge in [-0.15, -0.1) is 0 Å². The number of halogens is 4. The molecule has 10 heteroatoms. The van der Waals surface area contributed by atoms with Crippen LogP contribution in [-0.4, -0.2) is 39.4 Å². The fourth-order valence-corrected chi connectivity index (χ4v) is 5.58. The summed E-state index contributed by atoms with van der Waals surface area (Å²) in [5, 5.41) is 0. The summed E-state index contributed by atoms with van der Waals surface area (Å²) in [7, 11) is 0. The Morgan fingerprint density at radius 2 is 1.64 bits per heavy atom. The van der Waals surface area contributed by atoms with Crippen molar-refractivity contribution in [2.75, 3.05) is 6.54 Å². The molecule has 1 aromatic heterocycles. The normalized spacial score (nSPS) is 20.3. The third kappa shape index (κ3) is 5.69. The van der Waals surface area contributed by atoms with Gasteiger partial charge in [-0.1, -0.05) is 42.5 Å². The monoisotopic (exact) mass is 543 g/mol. The second-order valence-corrected chi connectivity index (χ2v) is 10.2. The van der Waals surface area contributed by atoms with Crippen LogP contribution in [0.2, 0.25) is 0 Å². The second kappa shape index (κ2) is 10.8. The first-order valence-electron chi connectivity index (χ1n) is 13.1. The second-order valence-electron chi connectivity index (χ2n) is 10.2. The zero-order chi connectivity index (χ0) is 27.7. The van der Waals surface area contributed by atoms with Crippen LogP contribution in [0.25, 0.3) is 0 Å². The van der Waals surface area contributed by atoms with E-state index < -0.39 is 30.3 Å². The molecule has 1 amide bonds. The van der Waals surface area contributed by atoms with Crippen LogP contribution < -0.4 is 5.56 Å². The summed E-state index contributed by atoms with van der Waals surface area (Å²) in [5.41, 5.74) is 2.32. The van der Waals surface area contributed by atoms with Gasteiger partial charge in [-0.2, -0.15) is 13.2 Å². The molecule has 1 atom stereocenters. The molecule has 0 bridgehead atoms. The molecule has 2 aromatic carbocycles. The van der Waals surface area contributed by atoms with Gasteiger partial charge >= 0.3 is 12.3 Å².